The van der Waals surface area contributed by atoms with E-state index in [1.54, 1.807) is 12.0 Å². The minimum Gasteiger partial charge on any atom is -0.497 e. The molecule has 3 aromatic rings. The summed E-state index contributed by atoms with van der Waals surface area (Å²) in [6.07, 6.45) is 3.27. The zero-order valence-electron chi connectivity index (χ0n) is 32.9. The number of carbonyl (C=O) groups is 4. The number of Topliss-reactive ketones (excluding diaryl/α,β-unsaturated/α-hetero) is 1. The van der Waals surface area contributed by atoms with E-state index in [1.807, 2.05) is 71.2 Å². The smallest absolute Gasteiger partial charge is 0.310 e. The lowest BCUT2D eigenvalue weighted by molar-refractivity contribution is -0.157. The second-order valence-electron chi connectivity index (χ2n) is 17.6. The van der Waals surface area contributed by atoms with E-state index in [-0.39, 0.29) is 55.6 Å². The third-order valence-electron chi connectivity index (χ3n) is 12.2. The number of nitrogens with one attached hydrogen (secondary N) is 1. The van der Waals surface area contributed by atoms with Gasteiger partial charge in [-0.15, -0.1) is 11.3 Å². The van der Waals surface area contributed by atoms with Gasteiger partial charge >= 0.3 is 11.9 Å². The van der Waals surface area contributed by atoms with Crippen molar-refractivity contribution < 1.29 is 38.5 Å². The summed E-state index contributed by atoms with van der Waals surface area (Å²) in [5.74, 6) is -0.414. The standard InChI is InChI=1S/C42H54N4O8S/c1-8-25-18-42(25,39(50)51)19-35(47)34-15-28(20-46(34)38(49)30(41(4,5)6)16-37(48)54-27-12-23-11-24(23)13-27)53-36-17-32(33-21-55-40(45-33)43-22(2)3)44-31-14-26(52-7)9-10-29(31)36/h9-10,14,17,21-25,27-28,30,34H,8,11-13,15-16,18-20H2,1-7H3,(H,43,45)(H,50,51)/t23-,24+,25-,27?,28-,30-,34+,42-/m1/s1. The number of benzene rings is 1. The van der Waals surface area contributed by atoms with Gasteiger partial charge in [-0.2, -0.15) is 0 Å². The first-order valence-electron chi connectivity index (χ1n) is 19.7. The molecule has 4 aliphatic rings. The van der Waals surface area contributed by atoms with Crippen LogP contribution in [0.15, 0.2) is 29.6 Å². The van der Waals surface area contributed by atoms with Crippen LogP contribution in [0.1, 0.15) is 92.9 Å². The molecular weight excluding hydrogens is 721 g/mol. The van der Waals surface area contributed by atoms with E-state index in [0.717, 1.165) is 23.4 Å². The molecule has 0 radical (unpaired) electrons. The molecule has 1 aromatic carbocycles. The van der Waals surface area contributed by atoms with E-state index in [2.05, 4.69) is 5.32 Å². The highest BCUT2D eigenvalue weighted by Gasteiger charge is 2.61. The van der Waals surface area contributed by atoms with E-state index < -0.39 is 40.8 Å². The Morgan fingerprint density at radius 2 is 1.78 bits per heavy atom. The molecule has 0 bridgehead atoms. The number of ketones is 1. The minimum atomic E-state index is -1.12. The number of amides is 1. The zero-order chi connectivity index (χ0) is 39.4. The van der Waals surface area contributed by atoms with E-state index in [1.165, 1.54) is 17.8 Å². The van der Waals surface area contributed by atoms with Gasteiger partial charge in [-0.25, -0.2) is 9.97 Å². The molecule has 4 fully saturated rings. The molecule has 8 atom stereocenters. The molecule has 2 aromatic heterocycles. The number of aromatic nitrogens is 2. The summed E-state index contributed by atoms with van der Waals surface area (Å²) >= 11 is 1.48. The molecule has 55 heavy (non-hydrogen) atoms. The SMILES string of the molecule is CC[C@@H]1C[C@]1(CC(=O)[C@@H]1C[C@@H](Oc2cc(-c3csc(NC(C)C)n3)nc3cc(OC)ccc23)CN1C(=O)[C@@H](CC(=O)OC1C[C@@H]2C[C@@H]2C1)C(C)(C)C)C(=O)O. The molecule has 3 aliphatic carbocycles. The summed E-state index contributed by atoms with van der Waals surface area (Å²) in [7, 11) is 1.59. The van der Waals surface area contributed by atoms with Crippen molar-refractivity contribution in [1.29, 1.82) is 0 Å². The Labute approximate surface area is 326 Å². The first-order valence-corrected chi connectivity index (χ1v) is 20.6. The van der Waals surface area contributed by atoms with Gasteiger partial charge < -0.3 is 29.5 Å². The maximum atomic E-state index is 14.7. The quantitative estimate of drug-likeness (QED) is 0.148. The Hall–Kier alpha value is -4.26. The Kier molecular flexibility index (Phi) is 10.6. The minimum absolute atomic E-state index is 0.0918. The molecule has 3 saturated carbocycles. The van der Waals surface area contributed by atoms with Crippen LogP contribution in [-0.2, 0) is 23.9 Å². The van der Waals surface area contributed by atoms with Gasteiger partial charge in [0.05, 0.1) is 48.7 Å². The zero-order valence-corrected chi connectivity index (χ0v) is 33.7. The van der Waals surface area contributed by atoms with Crippen LogP contribution in [0.3, 0.4) is 0 Å². The Bertz CT molecular complexity index is 1960. The van der Waals surface area contributed by atoms with Crippen molar-refractivity contribution in [3.63, 3.8) is 0 Å². The number of thiazole rings is 1. The summed E-state index contributed by atoms with van der Waals surface area (Å²) in [6.45, 7) is 11.9. The third kappa shape index (κ3) is 8.18. The number of pyridine rings is 1. The summed E-state index contributed by atoms with van der Waals surface area (Å²) in [5.41, 5.74) is 0.142. The number of carboxylic acids is 1. The maximum Gasteiger partial charge on any atom is 0.310 e. The number of anilines is 1. The number of ether oxygens (including phenoxy) is 3. The molecule has 1 amide bonds. The number of carbonyl (C=O) groups excluding carboxylic acids is 3. The highest BCUT2D eigenvalue weighted by molar-refractivity contribution is 7.14. The van der Waals surface area contributed by atoms with Gasteiger partial charge in [0.1, 0.15) is 29.4 Å². The van der Waals surface area contributed by atoms with E-state index in [9.17, 15) is 24.3 Å². The predicted octanol–water partition coefficient (Wildman–Crippen LogP) is 7.39. The summed E-state index contributed by atoms with van der Waals surface area (Å²) in [6, 6.07) is 6.65. The fourth-order valence-corrected chi connectivity index (χ4v) is 9.72. The normalized spacial score (nSPS) is 27.5. The van der Waals surface area contributed by atoms with Gasteiger partial charge in [0.25, 0.3) is 0 Å². The Morgan fingerprint density at radius 3 is 2.42 bits per heavy atom. The molecule has 3 heterocycles. The fourth-order valence-electron chi connectivity index (χ4n) is 8.87. The van der Waals surface area contributed by atoms with Crippen molar-refractivity contribution in [1.82, 2.24) is 14.9 Å². The van der Waals surface area contributed by atoms with Crippen molar-refractivity contribution in [2.45, 2.75) is 117 Å². The van der Waals surface area contributed by atoms with Crippen LogP contribution < -0.4 is 14.8 Å². The van der Waals surface area contributed by atoms with Crippen molar-refractivity contribution in [3.8, 4) is 22.9 Å². The number of hydrogen-bond donors (Lipinski definition) is 2. The third-order valence-corrected chi connectivity index (χ3v) is 13.0. The van der Waals surface area contributed by atoms with Crippen LogP contribution in [-0.4, -0.2) is 81.5 Å². The lowest BCUT2D eigenvalue weighted by atomic mass is 9.77. The maximum absolute atomic E-state index is 14.7. The van der Waals surface area contributed by atoms with Gasteiger partial charge in [0.2, 0.25) is 5.91 Å². The summed E-state index contributed by atoms with van der Waals surface area (Å²) < 4.78 is 18.2. The number of esters is 1. The van der Waals surface area contributed by atoms with Crippen LogP contribution >= 0.6 is 11.3 Å². The van der Waals surface area contributed by atoms with Crippen LogP contribution in [0.2, 0.25) is 0 Å². The van der Waals surface area contributed by atoms with Gasteiger partial charge in [-0.3, -0.25) is 19.2 Å². The number of rotatable bonds is 15. The van der Waals surface area contributed by atoms with Gasteiger partial charge in [0.15, 0.2) is 10.9 Å². The van der Waals surface area contributed by atoms with Crippen molar-refractivity contribution in [3.05, 3.63) is 29.6 Å². The molecular formula is C42H54N4O8S. The Balaban J connectivity index is 1.18. The number of hydrogen-bond acceptors (Lipinski definition) is 11. The van der Waals surface area contributed by atoms with Gasteiger partial charge in [0, 0.05) is 41.8 Å². The second-order valence-corrected chi connectivity index (χ2v) is 18.4. The number of methoxy groups -OCH3 is 1. The van der Waals surface area contributed by atoms with Crippen LogP contribution in [0.5, 0.6) is 11.5 Å². The molecule has 7 rings (SSSR count). The molecule has 1 unspecified atom stereocenters. The van der Waals surface area contributed by atoms with Gasteiger partial charge in [-0.1, -0.05) is 34.1 Å². The molecule has 13 heteroatoms. The number of carboxylic acid groups (broad SMARTS) is 1. The predicted molar refractivity (Wildman–Crippen MR) is 209 cm³/mol. The molecule has 12 nitrogen and oxygen atoms in total. The molecule has 1 saturated heterocycles. The highest BCUT2D eigenvalue weighted by Crippen LogP contribution is 2.58. The van der Waals surface area contributed by atoms with E-state index >= 15 is 0 Å². The number of nitrogens with zero attached hydrogens (tertiary/aromatic N) is 3. The highest BCUT2D eigenvalue weighted by atomic mass is 32.1. The number of aliphatic carboxylic acids is 1. The average molecular weight is 775 g/mol. The number of likely N-dealkylation sites (tertiary alicyclic amines) is 1. The molecule has 1 aliphatic heterocycles. The average Bonchev–Trinajstić information content (AvgIpc) is 3.79. The van der Waals surface area contributed by atoms with Crippen LogP contribution in [0.25, 0.3) is 22.3 Å². The fraction of sp³-hybridized carbons (Fsp3) is 0.619. The monoisotopic (exact) mass is 774 g/mol. The molecule has 296 valence electrons. The molecule has 2 N–H and O–H groups in total. The van der Waals surface area contributed by atoms with E-state index in [0.29, 0.717) is 53.1 Å². The van der Waals surface area contributed by atoms with Crippen LogP contribution in [0, 0.1) is 34.5 Å². The van der Waals surface area contributed by atoms with Crippen LogP contribution in [0.4, 0.5) is 5.13 Å². The Morgan fingerprint density at radius 1 is 1.04 bits per heavy atom. The van der Waals surface area contributed by atoms with Crippen molar-refractivity contribution in [2.75, 3.05) is 19.0 Å². The van der Waals surface area contributed by atoms with Crippen molar-refractivity contribution >= 4 is 51.0 Å². The van der Waals surface area contributed by atoms with Gasteiger partial charge in [-0.05, 0) is 74.8 Å². The topological polar surface area (TPSA) is 157 Å². The molecule has 0 spiro atoms. The van der Waals surface area contributed by atoms with Crippen molar-refractivity contribution in [2.24, 2.45) is 34.5 Å². The summed E-state index contributed by atoms with van der Waals surface area (Å²) in [5, 5.41) is 17.0. The lowest BCUT2D eigenvalue weighted by Gasteiger charge is -2.35. The lowest BCUT2D eigenvalue weighted by Crippen LogP contribution is -2.48. The van der Waals surface area contributed by atoms with E-state index in [4.69, 9.17) is 24.2 Å². The first-order chi connectivity index (χ1) is 26.1. The number of fused-ring (bicyclic) bond motifs is 2. The summed E-state index contributed by atoms with van der Waals surface area (Å²) in [4.78, 5) is 66.1. The second kappa shape index (κ2) is 15.0. The first kappa shape index (κ1) is 39.0. The largest absolute Gasteiger partial charge is 0.497 e.